The molecular formula is C131H148O6. The molecule has 0 aliphatic rings. The zero-order valence-corrected chi connectivity index (χ0v) is 85.6. The Kier molecular flexibility index (Phi) is 40.3. The minimum absolute atomic E-state index is 0.260. The summed E-state index contributed by atoms with van der Waals surface area (Å²) in [6.07, 6.45) is 22.6. The van der Waals surface area contributed by atoms with E-state index in [0.717, 1.165) is 146 Å². The second kappa shape index (κ2) is 52.9. The maximum absolute atomic E-state index is 12.7. The Morgan fingerprint density at radius 3 is 0.891 bits per heavy atom. The van der Waals surface area contributed by atoms with Crippen LogP contribution in [0.25, 0.3) is 133 Å². The molecular weight excluding hydrogens is 1670 g/mol. The lowest BCUT2D eigenvalue weighted by Gasteiger charge is -2.13. The zero-order valence-electron chi connectivity index (χ0n) is 85.6. The number of rotatable bonds is 29. The predicted octanol–water partition coefficient (Wildman–Crippen LogP) is 36.1. The van der Waals surface area contributed by atoms with Crippen molar-refractivity contribution in [2.75, 3.05) is 0 Å². The fourth-order valence-electron chi connectivity index (χ4n) is 18.2. The van der Waals surface area contributed by atoms with Crippen LogP contribution in [-0.2, 0) is 96.3 Å². The van der Waals surface area contributed by atoms with E-state index in [9.17, 15) is 14.4 Å². The molecule has 708 valence electrons. The summed E-state index contributed by atoms with van der Waals surface area (Å²) in [4.78, 5) is 37.6. The Morgan fingerprint density at radius 1 is 0.182 bits per heavy atom. The van der Waals surface area contributed by atoms with Gasteiger partial charge in [0.1, 0.15) is 16.7 Å². The van der Waals surface area contributed by atoms with Crippen LogP contribution in [0.2, 0.25) is 0 Å². The highest BCUT2D eigenvalue weighted by Crippen LogP contribution is 2.38. The third kappa shape index (κ3) is 27.5. The molecule has 14 aromatic carbocycles. The number of benzene rings is 14. The Balaban J connectivity index is 0.000000164. The Morgan fingerprint density at radius 2 is 0.496 bits per heavy atom. The molecule has 0 aliphatic carbocycles. The average molecular weight is 1820 g/mol. The summed E-state index contributed by atoms with van der Waals surface area (Å²) in [5.74, 6) is 0. The summed E-state index contributed by atoms with van der Waals surface area (Å²) in [5, 5.41) is 5.36. The summed E-state index contributed by atoms with van der Waals surface area (Å²) in [7, 11) is 0. The smallest absolute Gasteiger partial charge is 0.344 e. The van der Waals surface area contributed by atoms with E-state index in [1.165, 1.54) is 177 Å². The molecule has 0 fully saturated rings. The van der Waals surface area contributed by atoms with Crippen molar-refractivity contribution in [2.45, 2.75) is 266 Å². The second-order valence-electron chi connectivity index (χ2n) is 35.5. The van der Waals surface area contributed by atoms with Gasteiger partial charge < -0.3 is 13.3 Å². The van der Waals surface area contributed by atoms with Crippen LogP contribution in [0.3, 0.4) is 0 Å². The normalized spacial score (nSPS) is 10.9. The highest BCUT2D eigenvalue weighted by molar-refractivity contribution is 5.91. The molecule has 3 aromatic heterocycles. The van der Waals surface area contributed by atoms with E-state index in [1.807, 2.05) is 88.4 Å². The third-order valence-electron chi connectivity index (χ3n) is 26.0. The lowest BCUT2D eigenvalue weighted by molar-refractivity contribution is 0.559. The van der Waals surface area contributed by atoms with Gasteiger partial charge in [0.15, 0.2) is 0 Å². The highest BCUT2D eigenvalue weighted by Gasteiger charge is 2.18. The van der Waals surface area contributed by atoms with Gasteiger partial charge in [-0.1, -0.05) is 401 Å². The first kappa shape index (κ1) is 104. The molecule has 0 bridgehead atoms. The van der Waals surface area contributed by atoms with Crippen molar-refractivity contribution >= 4 is 43.7 Å². The summed E-state index contributed by atoms with van der Waals surface area (Å²) >= 11 is 0. The molecule has 0 radical (unpaired) electrons. The molecule has 0 N–H and O–H groups in total. The maximum atomic E-state index is 12.7. The van der Waals surface area contributed by atoms with Crippen LogP contribution in [0, 0.1) is 0 Å². The molecule has 6 nitrogen and oxygen atoms in total. The number of aryl methyl sites for hydroxylation is 15. The van der Waals surface area contributed by atoms with Gasteiger partial charge in [0.05, 0.1) is 16.7 Å². The number of hydrogen-bond acceptors (Lipinski definition) is 6. The van der Waals surface area contributed by atoms with Crippen molar-refractivity contribution in [1.82, 2.24) is 0 Å². The SMILES string of the molecule is CC.CC.CCCc1ccc(-c2cc(-c3ccc(CCC)cc3)cc(-c3ccc(CCC)cc3)c2)cc1.CCCc1ccc(-c2cc(CCC)cc(-c3ccc(CCC)cc3)c2)cc1.CCc1ccc(-c2cc3c(CC)cc(CC)cc3oc2=O)cc1.CCc1ccc(-c2cc3ccc(CC)c(CC)c3oc2=O)cc1.CCc1ccc2cc(-c3cc4cc(CC)c(CC)cc4oc3=O)ccc2c1. The van der Waals surface area contributed by atoms with Crippen LogP contribution < -0.4 is 16.9 Å². The minimum Gasteiger partial charge on any atom is -0.422 e. The Hall–Kier alpha value is -13.0. The van der Waals surface area contributed by atoms with Crippen molar-refractivity contribution in [3.8, 4) is 89.0 Å². The van der Waals surface area contributed by atoms with Crippen LogP contribution in [-0.4, -0.2) is 0 Å². The molecule has 0 saturated heterocycles. The topological polar surface area (TPSA) is 90.6 Å². The molecule has 17 rings (SSSR count). The first-order chi connectivity index (χ1) is 66.9. The summed E-state index contributed by atoms with van der Waals surface area (Å²) < 4.78 is 17.0. The van der Waals surface area contributed by atoms with Gasteiger partial charge in [0.25, 0.3) is 0 Å². The first-order valence-corrected chi connectivity index (χ1v) is 51.6. The van der Waals surface area contributed by atoms with E-state index in [4.69, 9.17) is 13.3 Å². The molecule has 0 unspecified atom stereocenters. The third-order valence-corrected chi connectivity index (χ3v) is 26.0. The lowest BCUT2D eigenvalue weighted by atomic mass is 9.92. The van der Waals surface area contributed by atoms with Gasteiger partial charge in [-0.15, -0.1) is 0 Å². The van der Waals surface area contributed by atoms with Crippen molar-refractivity contribution < 1.29 is 13.3 Å². The largest absolute Gasteiger partial charge is 0.422 e. The molecule has 17 aromatic rings. The molecule has 0 saturated carbocycles. The molecule has 137 heavy (non-hydrogen) atoms. The van der Waals surface area contributed by atoms with Crippen LogP contribution >= 0.6 is 0 Å². The van der Waals surface area contributed by atoms with Gasteiger partial charge in [-0.25, -0.2) is 14.4 Å². The van der Waals surface area contributed by atoms with E-state index in [2.05, 4.69) is 340 Å². The zero-order chi connectivity index (χ0) is 97.9. The number of hydrogen-bond donors (Lipinski definition) is 0. The monoisotopic (exact) mass is 1820 g/mol. The molecule has 0 amide bonds. The van der Waals surface area contributed by atoms with Crippen LogP contribution in [0.4, 0.5) is 0 Å². The van der Waals surface area contributed by atoms with Gasteiger partial charge in [-0.05, 0) is 330 Å². The summed E-state index contributed by atoms with van der Waals surface area (Å²) in [6.45, 7) is 40.6. The Bertz CT molecular complexity index is 6670. The van der Waals surface area contributed by atoms with E-state index < -0.39 is 0 Å². The van der Waals surface area contributed by atoms with E-state index in [1.54, 1.807) is 0 Å². The summed E-state index contributed by atoms with van der Waals surface area (Å²) in [5.41, 5.74) is 38.7. The van der Waals surface area contributed by atoms with Gasteiger partial charge in [-0.3, -0.25) is 0 Å². The van der Waals surface area contributed by atoms with Crippen LogP contribution in [0.15, 0.2) is 325 Å². The van der Waals surface area contributed by atoms with E-state index in [-0.39, 0.29) is 16.9 Å². The van der Waals surface area contributed by atoms with Crippen molar-refractivity contribution in [1.29, 1.82) is 0 Å². The van der Waals surface area contributed by atoms with Gasteiger partial charge in [-0.2, -0.15) is 0 Å². The molecule has 0 atom stereocenters. The first-order valence-electron chi connectivity index (χ1n) is 51.6. The number of fused-ring (bicyclic) bond motifs is 4. The molecule has 0 aliphatic heterocycles. The molecule has 6 heteroatoms. The fraction of sp³-hybridized carbons (Fsp3) is 0.305. The fourth-order valence-corrected chi connectivity index (χ4v) is 18.2. The van der Waals surface area contributed by atoms with E-state index in [0.29, 0.717) is 27.9 Å². The standard InChI is InChI=1S/C33H36.C27H32.C25H24O2.2C21H22O2.2C2H6/c1-4-7-25-10-16-28(17-11-25)31-22-32(29-18-12-26(8-5-2)13-19-29)24-33(23-31)30-20-14-27(9-6-3)15-21-30;1-4-7-21-10-14-24(15-11-21)26-18-23(9-6-3)19-27(20-26)25-16-12-22(8-5-2)13-17-25;1-4-16-7-8-20-13-21(10-9-19(20)11-16)23-14-22-12-17(5-2)18(6-3)15-24(22)27-25(23)26;1-4-14-7-9-17(10-8-14)19-13-18-16(6-3)11-15(5-2)12-20(18)23-21(19)22;1-4-14-7-9-16(10-8-14)19-13-17-12-11-15(5-2)18(6-3)20(17)23-21(19)22;2*1-2/h10-24H,4-9H2,1-3H3;10-20H,4-9H2,1-3H3;7-15H,4-6H2,1-3H3;2*7-13H,4-6H2,1-3H3;2*1-2H3. The van der Waals surface area contributed by atoms with Crippen molar-refractivity contribution in [3.63, 3.8) is 0 Å². The second-order valence-corrected chi connectivity index (χ2v) is 35.5. The van der Waals surface area contributed by atoms with Gasteiger partial charge >= 0.3 is 16.9 Å². The molecule has 0 spiro atoms. The van der Waals surface area contributed by atoms with E-state index >= 15 is 0 Å². The van der Waals surface area contributed by atoms with Gasteiger partial charge in [0.2, 0.25) is 0 Å². The predicted molar refractivity (Wildman–Crippen MR) is 592 cm³/mol. The van der Waals surface area contributed by atoms with Crippen molar-refractivity contribution in [3.05, 3.63) is 412 Å². The lowest BCUT2D eigenvalue weighted by Crippen LogP contribution is -2.05. The minimum atomic E-state index is -0.279. The average Bonchev–Trinajstić information content (AvgIpc) is 0.791. The highest BCUT2D eigenvalue weighted by atomic mass is 16.4. The summed E-state index contributed by atoms with van der Waals surface area (Å²) in [6, 6.07) is 107. The van der Waals surface area contributed by atoms with Crippen LogP contribution in [0.5, 0.6) is 0 Å². The van der Waals surface area contributed by atoms with Crippen molar-refractivity contribution in [2.24, 2.45) is 0 Å². The maximum Gasteiger partial charge on any atom is 0.344 e. The van der Waals surface area contributed by atoms with Crippen LogP contribution in [0.1, 0.15) is 254 Å². The quantitative estimate of drug-likeness (QED) is 0.0434. The molecule has 3 heterocycles. The Labute approximate surface area is 818 Å². The van der Waals surface area contributed by atoms with Gasteiger partial charge in [0, 0.05) is 16.2 Å².